The van der Waals surface area contributed by atoms with E-state index in [0.717, 1.165) is 23.8 Å². The zero-order chi connectivity index (χ0) is 19.0. The Balaban J connectivity index is 1.45. The summed E-state index contributed by atoms with van der Waals surface area (Å²) in [5.41, 5.74) is -0.205. The van der Waals surface area contributed by atoms with E-state index in [1.54, 1.807) is 4.57 Å². The topological polar surface area (TPSA) is 125 Å². The maximum Gasteiger partial charge on any atom is 0.433 e. The number of hydrogen-bond acceptors (Lipinski definition) is 7. The Kier molecular flexibility index (Phi) is 4.36. The molecular weight excluding hydrogens is 374 g/mol. The molecule has 1 saturated carbocycles. The number of furan rings is 1. The lowest BCUT2D eigenvalue weighted by Gasteiger charge is -2.02. The van der Waals surface area contributed by atoms with Crippen molar-refractivity contribution in [3.8, 4) is 10.7 Å². The first-order valence-electron chi connectivity index (χ1n) is 8.30. The highest BCUT2D eigenvalue weighted by molar-refractivity contribution is 7.13. The monoisotopic (exact) mass is 389 g/mol. The van der Waals surface area contributed by atoms with Crippen molar-refractivity contribution in [2.75, 3.05) is 6.54 Å². The van der Waals surface area contributed by atoms with E-state index in [9.17, 15) is 19.7 Å². The minimum atomic E-state index is -0.715. The second kappa shape index (κ2) is 6.83. The van der Waals surface area contributed by atoms with Crippen LogP contribution < -0.4 is 11.0 Å². The highest BCUT2D eigenvalue weighted by Crippen LogP contribution is 2.37. The number of nitro groups is 1. The van der Waals surface area contributed by atoms with Crippen LogP contribution in [0.3, 0.4) is 0 Å². The molecule has 0 spiro atoms. The van der Waals surface area contributed by atoms with Crippen LogP contribution in [0.1, 0.15) is 29.4 Å². The molecule has 4 rings (SSSR count). The second-order valence-corrected chi connectivity index (χ2v) is 7.01. The van der Waals surface area contributed by atoms with Crippen LogP contribution in [0.25, 0.3) is 10.7 Å². The summed E-state index contributed by atoms with van der Waals surface area (Å²) in [4.78, 5) is 35.4. The Labute approximate surface area is 156 Å². The Hall–Kier alpha value is -3.21. The molecule has 1 aliphatic carbocycles. The van der Waals surface area contributed by atoms with Crippen molar-refractivity contribution >= 4 is 23.1 Å². The van der Waals surface area contributed by atoms with Crippen molar-refractivity contribution in [2.24, 2.45) is 0 Å². The van der Waals surface area contributed by atoms with Gasteiger partial charge in [0.25, 0.3) is 5.91 Å². The SMILES string of the molecule is O=C(NCCn1nc(-c2cccs2)n(C2CC2)c1=O)c1ccc([N+](=O)[O-])o1. The van der Waals surface area contributed by atoms with Crippen LogP contribution in [0, 0.1) is 10.1 Å². The molecule has 1 aliphatic rings. The predicted molar refractivity (Wildman–Crippen MR) is 95.8 cm³/mol. The summed E-state index contributed by atoms with van der Waals surface area (Å²) in [7, 11) is 0. The molecule has 3 heterocycles. The molecule has 0 aromatic carbocycles. The standard InChI is InChI=1S/C16H15N5O5S/c22-15(11-5-6-13(26-11)21(24)25)17-7-8-19-16(23)20(10-3-4-10)14(18-19)12-2-1-9-27-12/h1-2,5-6,9-10H,3-4,7-8H2,(H,17,22). The second-order valence-electron chi connectivity index (χ2n) is 6.06. The van der Waals surface area contributed by atoms with Gasteiger partial charge in [0.15, 0.2) is 11.6 Å². The molecule has 0 radical (unpaired) electrons. The summed E-state index contributed by atoms with van der Waals surface area (Å²) < 4.78 is 7.89. The average Bonchev–Trinajstić information content (AvgIpc) is 3.06. The highest BCUT2D eigenvalue weighted by Gasteiger charge is 2.30. The molecule has 27 heavy (non-hydrogen) atoms. The lowest BCUT2D eigenvalue weighted by Crippen LogP contribution is -2.32. The van der Waals surface area contributed by atoms with Gasteiger partial charge in [-0.15, -0.1) is 16.4 Å². The van der Waals surface area contributed by atoms with Gasteiger partial charge in [-0.1, -0.05) is 6.07 Å². The molecule has 140 valence electrons. The van der Waals surface area contributed by atoms with Gasteiger partial charge in [-0.05, 0) is 30.4 Å². The van der Waals surface area contributed by atoms with Crippen LogP contribution in [-0.4, -0.2) is 31.7 Å². The van der Waals surface area contributed by atoms with Crippen molar-refractivity contribution in [1.82, 2.24) is 19.7 Å². The third-order valence-corrected chi connectivity index (χ3v) is 4.99. The molecule has 1 amide bonds. The van der Waals surface area contributed by atoms with E-state index < -0.39 is 16.7 Å². The molecule has 0 atom stereocenters. The Bertz CT molecular complexity index is 1040. The molecular formula is C16H15N5O5S. The van der Waals surface area contributed by atoms with E-state index in [4.69, 9.17) is 4.42 Å². The minimum Gasteiger partial charge on any atom is -0.395 e. The van der Waals surface area contributed by atoms with E-state index in [1.165, 1.54) is 22.1 Å². The number of hydrogen-bond donors (Lipinski definition) is 1. The van der Waals surface area contributed by atoms with E-state index in [1.807, 2.05) is 17.5 Å². The fourth-order valence-corrected chi connectivity index (χ4v) is 3.42. The summed E-state index contributed by atoms with van der Waals surface area (Å²) in [5.74, 6) is -0.598. The van der Waals surface area contributed by atoms with Gasteiger partial charge in [0.05, 0.1) is 17.5 Å². The fourth-order valence-electron chi connectivity index (χ4n) is 2.71. The molecule has 3 aromatic rings. The minimum absolute atomic E-state index is 0.138. The number of nitrogens with zero attached hydrogens (tertiary/aromatic N) is 4. The molecule has 11 heteroatoms. The van der Waals surface area contributed by atoms with Gasteiger partial charge >= 0.3 is 11.6 Å². The normalized spacial score (nSPS) is 13.6. The molecule has 3 aromatic heterocycles. The zero-order valence-electron chi connectivity index (χ0n) is 14.0. The van der Waals surface area contributed by atoms with E-state index in [-0.39, 0.29) is 30.6 Å². The van der Waals surface area contributed by atoms with E-state index in [0.29, 0.717) is 5.82 Å². The fraction of sp³-hybridized carbons (Fsp3) is 0.312. The maximum atomic E-state index is 12.7. The summed E-state index contributed by atoms with van der Waals surface area (Å²) >= 11 is 1.52. The van der Waals surface area contributed by atoms with Crippen LogP contribution in [0.5, 0.6) is 0 Å². The lowest BCUT2D eigenvalue weighted by molar-refractivity contribution is -0.402. The van der Waals surface area contributed by atoms with Crippen LogP contribution in [0.15, 0.2) is 38.9 Å². The molecule has 1 fully saturated rings. The first-order chi connectivity index (χ1) is 13.0. The Morgan fingerprint density at radius 3 is 2.85 bits per heavy atom. The average molecular weight is 389 g/mol. The van der Waals surface area contributed by atoms with Crippen LogP contribution in [0.4, 0.5) is 5.88 Å². The third kappa shape index (κ3) is 3.40. The number of thiophene rings is 1. The van der Waals surface area contributed by atoms with Gasteiger partial charge < -0.3 is 9.73 Å². The largest absolute Gasteiger partial charge is 0.433 e. The quantitative estimate of drug-likeness (QED) is 0.487. The van der Waals surface area contributed by atoms with Crippen molar-refractivity contribution in [3.05, 3.63) is 56.0 Å². The summed E-state index contributed by atoms with van der Waals surface area (Å²) in [6, 6.07) is 6.35. The van der Waals surface area contributed by atoms with Gasteiger partial charge in [-0.3, -0.25) is 19.5 Å². The first kappa shape index (κ1) is 17.2. The van der Waals surface area contributed by atoms with Crippen molar-refractivity contribution in [3.63, 3.8) is 0 Å². The van der Waals surface area contributed by atoms with Gasteiger partial charge in [-0.25, -0.2) is 9.48 Å². The van der Waals surface area contributed by atoms with Crippen molar-refractivity contribution < 1.29 is 14.1 Å². The number of nitrogens with one attached hydrogen (secondary N) is 1. The maximum absolute atomic E-state index is 12.7. The van der Waals surface area contributed by atoms with Gasteiger partial charge in [-0.2, -0.15) is 0 Å². The van der Waals surface area contributed by atoms with E-state index >= 15 is 0 Å². The molecule has 0 saturated heterocycles. The molecule has 0 unspecified atom stereocenters. The van der Waals surface area contributed by atoms with Crippen molar-refractivity contribution in [1.29, 1.82) is 0 Å². The summed E-state index contributed by atoms with van der Waals surface area (Å²) in [5, 5.41) is 19.5. The van der Waals surface area contributed by atoms with Gasteiger partial charge in [0.2, 0.25) is 0 Å². The highest BCUT2D eigenvalue weighted by atomic mass is 32.1. The zero-order valence-corrected chi connectivity index (χ0v) is 14.8. The molecule has 1 N–H and O–H groups in total. The first-order valence-corrected chi connectivity index (χ1v) is 9.18. The van der Waals surface area contributed by atoms with Crippen molar-refractivity contribution in [2.45, 2.75) is 25.4 Å². The molecule has 0 aliphatic heterocycles. The Morgan fingerprint density at radius 1 is 1.41 bits per heavy atom. The van der Waals surface area contributed by atoms with Crippen LogP contribution >= 0.6 is 11.3 Å². The summed E-state index contributed by atoms with van der Waals surface area (Å²) in [6.45, 7) is 0.324. The van der Waals surface area contributed by atoms with Crippen LogP contribution in [0.2, 0.25) is 0 Å². The number of carbonyl (C=O) groups is 1. The van der Waals surface area contributed by atoms with E-state index in [2.05, 4.69) is 10.4 Å². The third-order valence-electron chi connectivity index (χ3n) is 4.13. The molecule has 10 nitrogen and oxygen atoms in total. The van der Waals surface area contributed by atoms with Crippen LogP contribution in [-0.2, 0) is 6.54 Å². The Morgan fingerprint density at radius 2 is 2.22 bits per heavy atom. The number of aromatic nitrogens is 3. The predicted octanol–water partition coefficient (Wildman–Crippen LogP) is 2.04. The lowest BCUT2D eigenvalue weighted by atomic mass is 10.4. The molecule has 0 bridgehead atoms. The number of carbonyl (C=O) groups excluding carboxylic acids is 1. The van der Waals surface area contributed by atoms with Gasteiger partial charge in [0, 0.05) is 12.6 Å². The summed E-state index contributed by atoms with van der Waals surface area (Å²) in [6.07, 6.45) is 1.91. The smallest absolute Gasteiger partial charge is 0.395 e. The van der Waals surface area contributed by atoms with Gasteiger partial charge in [0.1, 0.15) is 4.92 Å². The number of amides is 1. The number of rotatable bonds is 7.